The molecule has 1 unspecified atom stereocenters. The quantitative estimate of drug-likeness (QED) is 0.665. The summed E-state index contributed by atoms with van der Waals surface area (Å²) < 4.78 is 0. The van der Waals surface area contributed by atoms with Gasteiger partial charge in [-0.2, -0.15) is 0 Å². The number of hydrogen-bond donors (Lipinski definition) is 0. The summed E-state index contributed by atoms with van der Waals surface area (Å²) in [6.45, 7) is 0. The third-order valence-corrected chi connectivity index (χ3v) is 3.03. The van der Waals surface area contributed by atoms with Crippen molar-refractivity contribution in [1.29, 1.82) is 0 Å². The average Bonchev–Trinajstić information content (AvgIpc) is 2.39. The van der Waals surface area contributed by atoms with Gasteiger partial charge >= 0.3 is 0 Å². The maximum absolute atomic E-state index is 5.81. The van der Waals surface area contributed by atoms with E-state index in [-0.39, 0.29) is 5.82 Å². The molecule has 0 spiro atoms. The van der Waals surface area contributed by atoms with Crippen LogP contribution in [0.15, 0.2) is 54.6 Å². The Hall–Kier alpha value is -1.83. The molecule has 2 heteroatoms. The predicted octanol–water partition coefficient (Wildman–Crippen LogP) is 3.54. The number of aromatic nitrogens is 1. The lowest BCUT2D eigenvalue weighted by atomic mass is 9.80. The number of benzene rings is 1. The highest BCUT2D eigenvalue weighted by molar-refractivity contribution is 6.13. The third-order valence-electron chi connectivity index (χ3n) is 3.03. The highest BCUT2D eigenvalue weighted by Gasteiger charge is 2.06. The topological polar surface area (TPSA) is 12.9 Å². The Labute approximate surface area is 102 Å². The van der Waals surface area contributed by atoms with Gasteiger partial charge in [0.1, 0.15) is 0 Å². The minimum atomic E-state index is 0.152. The first kappa shape index (κ1) is 10.3. The standard InChI is InChI=1S/C15H12BN/c16-13-8-5-12(6-9-13)15-10-7-11-3-1-2-4-14(11)17-15/h1-8,10,13H,9H2. The van der Waals surface area contributed by atoms with Gasteiger partial charge in [0.15, 0.2) is 0 Å². The van der Waals surface area contributed by atoms with E-state index in [2.05, 4.69) is 35.3 Å². The highest BCUT2D eigenvalue weighted by atomic mass is 14.7. The molecule has 1 aromatic heterocycles. The fourth-order valence-electron chi connectivity index (χ4n) is 2.05. The smallest absolute Gasteiger partial charge is 0.0759 e. The molecule has 2 aromatic rings. The van der Waals surface area contributed by atoms with Crippen LogP contribution in [-0.2, 0) is 0 Å². The molecule has 0 fully saturated rings. The van der Waals surface area contributed by atoms with E-state index in [1.807, 2.05) is 24.3 Å². The van der Waals surface area contributed by atoms with Gasteiger partial charge in [-0.25, -0.2) is 4.98 Å². The minimum absolute atomic E-state index is 0.152. The second-order valence-electron chi connectivity index (χ2n) is 4.31. The van der Waals surface area contributed by atoms with E-state index in [0.717, 1.165) is 23.2 Å². The molecule has 0 aliphatic heterocycles. The van der Waals surface area contributed by atoms with E-state index < -0.39 is 0 Å². The van der Waals surface area contributed by atoms with Crippen LogP contribution in [0, 0.1) is 0 Å². The number of allylic oxidation sites excluding steroid dienone is 4. The monoisotopic (exact) mass is 217 g/mol. The SMILES string of the molecule is [B]C1C=CC(c2ccc3ccccc3n2)=CC1. The lowest BCUT2D eigenvalue weighted by molar-refractivity contribution is 1.03. The molecule has 0 amide bonds. The molecule has 17 heavy (non-hydrogen) atoms. The summed E-state index contributed by atoms with van der Waals surface area (Å²) in [5.74, 6) is 0.152. The molecule has 1 aliphatic rings. The van der Waals surface area contributed by atoms with Crippen molar-refractivity contribution in [1.82, 2.24) is 4.98 Å². The van der Waals surface area contributed by atoms with Crippen molar-refractivity contribution in [2.45, 2.75) is 12.2 Å². The van der Waals surface area contributed by atoms with Gasteiger partial charge in [-0.05, 0) is 24.1 Å². The largest absolute Gasteiger partial charge is 0.248 e. The van der Waals surface area contributed by atoms with Crippen LogP contribution in [0.25, 0.3) is 16.5 Å². The Morgan fingerprint density at radius 2 is 2.00 bits per heavy atom. The highest BCUT2D eigenvalue weighted by Crippen LogP contribution is 2.25. The van der Waals surface area contributed by atoms with Crippen molar-refractivity contribution < 1.29 is 0 Å². The lowest BCUT2D eigenvalue weighted by Gasteiger charge is -2.11. The van der Waals surface area contributed by atoms with Gasteiger partial charge in [0.25, 0.3) is 0 Å². The maximum Gasteiger partial charge on any atom is 0.0759 e. The van der Waals surface area contributed by atoms with Gasteiger partial charge in [0.05, 0.1) is 19.1 Å². The third kappa shape index (κ3) is 2.03. The van der Waals surface area contributed by atoms with Gasteiger partial charge < -0.3 is 0 Å². The molecule has 80 valence electrons. The number of fused-ring (bicyclic) bond motifs is 1. The summed E-state index contributed by atoms with van der Waals surface area (Å²) in [5.41, 5.74) is 3.22. The number of hydrogen-bond acceptors (Lipinski definition) is 1. The second kappa shape index (κ2) is 4.21. The number of rotatable bonds is 1. The van der Waals surface area contributed by atoms with Crippen LogP contribution < -0.4 is 0 Å². The molecule has 1 aliphatic carbocycles. The Morgan fingerprint density at radius 1 is 1.12 bits per heavy atom. The first-order chi connectivity index (χ1) is 8.33. The van der Waals surface area contributed by atoms with E-state index in [4.69, 9.17) is 7.85 Å². The van der Waals surface area contributed by atoms with Crippen LogP contribution in [0.2, 0.25) is 5.82 Å². The van der Waals surface area contributed by atoms with Crippen LogP contribution in [0.3, 0.4) is 0 Å². The van der Waals surface area contributed by atoms with Crippen molar-refractivity contribution in [3.05, 3.63) is 60.3 Å². The zero-order chi connectivity index (χ0) is 11.7. The van der Waals surface area contributed by atoms with E-state index in [1.165, 1.54) is 5.39 Å². The predicted molar refractivity (Wildman–Crippen MR) is 73.0 cm³/mol. The summed E-state index contributed by atoms with van der Waals surface area (Å²) >= 11 is 0. The summed E-state index contributed by atoms with van der Waals surface area (Å²) in [5, 5.41) is 1.17. The Bertz CT molecular complexity index is 613. The van der Waals surface area contributed by atoms with E-state index in [1.54, 1.807) is 0 Å². The molecule has 0 N–H and O–H groups in total. The van der Waals surface area contributed by atoms with Gasteiger partial charge in [-0.3, -0.25) is 0 Å². The maximum atomic E-state index is 5.81. The van der Waals surface area contributed by atoms with Gasteiger partial charge in [-0.15, -0.1) is 0 Å². The van der Waals surface area contributed by atoms with E-state index >= 15 is 0 Å². The summed E-state index contributed by atoms with van der Waals surface area (Å²) in [6, 6.07) is 12.3. The molecule has 0 saturated heterocycles. The van der Waals surface area contributed by atoms with Crippen LogP contribution in [0.4, 0.5) is 0 Å². The lowest BCUT2D eigenvalue weighted by Crippen LogP contribution is -1.95. The van der Waals surface area contributed by atoms with Gasteiger partial charge in [0.2, 0.25) is 0 Å². The molecule has 1 nitrogen and oxygen atoms in total. The zero-order valence-corrected chi connectivity index (χ0v) is 9.51. The van der Waals surface area contributed by atoms with Crippen molar-refractivity contribution in [3.63, 3.8) is 0 Å². The van der Waals surface area contributed by atoms with Crippen molar-refractivity contribution in [2.75, 3.05) is 0 Å². The first-order valence-electron chi connectivity index (χ1n) is 5.83. The van der Waals surface area contributed by atoms with Crippen molar-refractivity contribution in [3.8, 4) is 0 Å². The van der Waals surface area contributed by atoms with Crippen LogP contribution in [0.1, 0.15) is 12.1 Å². The zero-order valence-electron chi connectivity index (χ0n) is 9.51. The molecule has 1 aromatic carbocycles. The minimum Gasteiger partial charge on any atom is -0.248 e. The van der Waals surface area contributed by atoms with Crippen LogP contribution in [0.5, 0.6) is 0 Å². The van der Waals surface area contributed by atoms with Gasteiger partial charge in [0, 0.05) is 5.39 Å². The first-order valence-corrected chi connectivity index (χ1v) is 5.83. The number of nitrogens with zero attached hydrogens (tertiary/aromatic N) is 1. The van der Waals surface area contributed by atoms with Crippen molar-refractivity contribution in [2.24, 2.45) is 0 Å². The summed E-state index contributed by atoms with van der Waals surface area (Å²) in [6.07, 6.45) is 7.14. The second-order valence-corrected chi connectivity index (χ2v) is 4.31. The Kier molecular flexibility index (Phi) is 2.56. The average molecular weight is 217 g/mol. The number of pyridine rings is 1. The molecule has 0 saturated carbocycles. The molecule has 2 radical (unpaired) electrons. The summed E-state index contributed by atoms with van der Waals surface area (Å²) in [7, 11) is 5.81. The Balaban J connectivity index is 2.04. The van der Waals surface area contributed by atoms with Gasteiger partial charge in [-0.1, -0.05) is 48.3 Å². The van der Waals surface area contributed by atoms with Crippen LogP contribution >= 0.6 is 0 Å². The molecular weight excluding hydrogens is 205 g/mol. The molecule has 3 rings (SSSR count). The molecule has 1 atom stereocenters. The fourth-order valence-corrected chi connectivity index (χ4v) is 2.05. The fraction of sp³-hybridized carbons (Fsp3) is 0.133. The normalized spacial score (nSPS) is 19.3. The summed E-state index contributed by atoms with van der Waals surface area (Å²) in [4.78, 5) is 4.66. The molecular formula is C15H12BN. The number of para-hydroxylation sites is 1. The molecule has 0 bridgehead atoms. The van der Waals surface area contributed by atoms with Crippen LogP contribution in [-0.4, -0.2) is 12.8 Å². The van der Waals surface area contributed by atoms with E-state index in [9.17, 15) is 0 Å². The van der Waals surface area contributed by atoms with Crippen molar-refractivity contribution >= 4 is 24.3 Å². The molecule has 1 heterocycles. The Morgan fingerprint density at radius 3 is 2.82 bits per heavy atom. The van der Waals surface area contributed by atoms with E-state index in [0.29, 0.717) is 0 Å².